The molecule has 0 aliphatic carbocycles. The second-order valence-corrected chi connectivity index (χ2v) is 5.91. The van der Waals surface area contributed by atoms with E-state index in [2.05, 4.69) is 44.6 Å². The van der Waals surface area contributed by atoms with Gasteiger partial charge in [-0.25, -0.2) is 0 Å². The van der Waals surface area contributed by atoms with Crippen LogP contribution in [0, 0.1) is 11.3 Å². The summed E-state index contributed by atoms with van der Waals surface area (Å²) in [5.74, 6) is 0.697. The minimum absolute atomic E-state index is 0.326. The zero-order chi connectivity index (χ0) is 12.9. The van der Waals surface area contributed by atoms with Gasteiger partial charge in [0.05, 0.1) is 11.4 Å². The van der Waals surface area contributed by atoms with Gasteiger partial charge in [0.2, 0.25) is 0 Å². The van der Waals surface area contributed by atoms with E-state index in [1.54, 1.807) is 0 Å². The highest BCUT2D eigenvalue weighted by Gasteiger charge is 2.16. The highest BCUT2D eigenvalue weighted by atomic mass is 14.8. The Labute approximate surface area is 106 Å². The van der Waals surface area contributed by atoms with E-state index in [-0.39, 0.29) is 0 Å². The van der Waals surface area contributed by atoms with Crippen LogP contribution in [0.4, 0.5) is 0 Å². The minimum atomic E-state index is 0.326. The molecule has 1 heterocycles. The standard InChI is InChI=1S/C15H26N2/c1-6-12(3)8-13-10-17-14(11-16-13)9-15(4,5)7-2/h10-12H,6-9H2,1-5H3. The lowest BCUT2D eigenvalue weighted by atomic mass is 9.85. The second-order valence-electron chi connectivity index (χ2n) is 5.91. The van der Waals surface area contributed by atoms with Crippen molar-refractivity contribution in [2.24, 2.45) is 11.3 Å². The molecule has 96 valence electrons. The van der Waals surface area contributed by atoms with E-state index in [1.165, 1.54) is 12.8 Å². The molecule has 0 bridgehead atoms. The van der Waals surface area contributed by atoms with Gasteiger partial charge in [-0.05, 0) is 24.2 Å². The minimum Gasteiger partial charge on any atom is -0.258 e. The molecule has 0 aliphatic heterocycles. The van der Waals surface area contributed by atoms with Gasteiger partial charge in [0.15, 0.2) is 0 Å². The van der Waals surface area contributed by atoms with Crippen molar-refractivity contribution in [2.75, 3.05) is 0 Å². The third-order valence-electron chi connectivity index (χ3n) is 3.63. The fourth-order valence-electron chi connectivity index (χ4n) is 1.69. The molecule has 0 N–H and O–H groups in total. The van der Waals surface area contributed by atoms with Crippen molar-refractivity contribution in [1.29, 1.82) is 0 Å². The van der Waals surface area contributed by atoms with Crippen LogP contribution in [0.15, 0.2) is 12.4 Å². The van der Waals surface area contributed by atoms with Gasteiger partial charge in [0.1, 0.15) is 0 Å². The number of hydrogen-bond acceptors (Lipinski definition) is 2. The molecule has 2 nitrogen and oxygen atoms in total. The van der Waals surface area contributed by atoms with Crippen LogP contribution in [0.1, 0.15) is 58.8 Å². The maximum absolute atomic E-state index is 4.54. The van der Waals surface area contributed by atoms with E-state index < -0.39 is 0 Å². The molecule has 1 rings (SSSR count). The fourth-order valence-corrected chi connectivity index (χ4v) is 1.69. The Bertz CT molecular complexity index is 327. The second kappa shape index (κ2) is 6.13. The van der Waals surface area contributed by atoms with Gasteiger partial charge in [0.25, 0.3) is 0 Å². The fraction of sp³-hybridized carbons (Fsp3) is 0.733. The third-order valence-corrected chi connectivity index (χ3v) is 3.63. The summed E-state index contributed by atoms with van der Waals surface area (Å²) in [6.45, 7) is 11.3. The van der Waals surface area contributed by atoms with Crippen LogP contribution in [0.5, 0.6) is 0 Å². The largest absolute Gasteiger partial charge is 0.258 e. The van der Waals surface area contributed by atoms with Gasteiger partial charge in [0, 0.05) is 12.4 Å². The summed E-state index contributed by atoms with van der Waals surface area (Å²) in [6, 6.07) is 0. The molecule has 0 aliphatic rings. The SMILES string of the molecule is CCC(C)Cc1cnc(CC(C)(C)CC)cn1. The first-order valence-electron chi connectivity index (χ1n) is 6.76. The zero-order valence-electron chi connectivity index (χ0n) is 12.0. The average Bonchev–Trinajstić information content (AvgIpc) is 2.31. The molecule has 0 spiro atoms. The van der Waals surface area contributed by atoms with Gasteiger partial charge in [-0.1, -0.05) is 47.5 Å². The van der Waals surface area contributed by atoms with Crippen LogP contribution in [0.25, 0.3) is 0 Å². The molecule has 0 saturated heterocycles. The molecule has 0 amide bonds. The zero-order valence-corrected chi connectivity index (χ0v) is 12.0. The normalized spacial score (nSPS) is 13.7. The third kappa shape index (κ3) is 4.84. The Morgan fingerprint density at radius 2 is 1.71 bits per heavy atom. The van der Waals surface area contributed by atoms with E-state index in [4.69, 9.17) is 0 Å². The van der Waals surface area contributed by atoms with E-state index in [0.29, 0.717) is 11.3 Å². The number of rotatable bonds is 6. The monoisotopic (exact) mass is 234 g/mol. The van der Waals surface area contributed by atoms with Gasteiger partial charge in [-0.2, -0.15) is 0 Å². The van der Waals surface area contributed by atoms with Crippen molar-refractivity contribution < 1.29 is 0 Å². The summed E-state index contributed by atoms with van der Waals surface area (Å²) < 4.78 is 0. The lowest BCUT2D eigenvalue weighted by Gasteiger charge is -2.21. The lowest BCUT2D eigenvalue weighted by molar-refractivity contribution is 0.345. The van der Waals surface area contributed by atoms with Crippen molar-refractivity contribution in [1.82, 2.24) is 9.97 Å². The smallest absolute Gasteiger partial charge is 0.0592 e. The maximum atomic E-state index is 4.54. The summed E-state index contributed by atoms with van der Waals surface area (Å²) >= 11 is 0. The van der Waals surface area contributed by atoms with Crippen LogP contribution >= 0.6 is 0 Å². The van der Waals surface area contributed by atoms with E-state index in [0.717, 1.165) is 24.2 Å². The molecule has 0 aromatic carbocycles. The molecule has 2 heteroatoms. The molecule has 1 aromatic rings. The summed E-state index contributed by atoms with van der Waals surface area (Å²) in [4.78, 5) is 9.06. The molecular weight excluding hydrogens is 208 g/mol. The summed E-state index contributed by atoms with van der Waals surface area (Å²) in [5, 5.41) is 0. The van der Waals surface area contributed by atoms with E-state index >= 15 is 0 Å². The molecule has 0 fully saturated rings. The maximum Gasteiger partial charge on any atom is 0.0592 e. The van der Waals surface area contributed by atoms with E-state index in [1.807, 2.05) is 12.4 Å². The molecule has 1 atom stereocenters. The predicted molar refractivity (Wildman–Crippen MR) is 73.0 cm³/mol. The Morgan fingerprint density at radius 3 is 2.18 bits per heavy atom. The molecule has 0 radical (unpaired) electrons. The summed E-state index contributed by atoms with van der Waals surface area (Å²) in [7, 11) is 0. The van der Waals surface area contributed by atoms with Gasteiger partial charge in [-0.15, -0.1) is 0 Å². The first-order chi connectivity index (χ1) is 7.96. The summed E-state index contributed by atoms with van der Waals surface area (Å²) in [6.07, 6.45) is 8.33. The highest BCUT2D eigenvalue weighted by molar-refractivity contribution is 5.05. The number of aromatic nitrogens is 2. The van der Waals surface area contributed by atoms with Crippen LogP contribution in [-0.4, -0.2) is 9.97 Å². The van der Waals surface area contributed by atoms with Crippen molar-refractivity contribution in [3.8, 4) is 0 Å². The quantitative estimate of drug-likeness (QED) is 0.742. The Balaban J connectivity index is 2.62. The first kappa shape index (κ1) is 14.1. The Morgan fingerprint density at radius 1 is 1.12 bits per heavy atom. The average molecular weight is 234 g/mol. The van der Waals surface area contributed by atoms with Crippen LogP contribution < -0.4 is 0 Å². The molecule has 17 heavy (non-hydrogen) atoms. The first-order valence-corrected chi connectivity index (χ1v) is 6.76. The van der Waals surface area contributed by atoms with Crippen molar-refractivity contribution in [3.63, 3.8) is 0 Å². The number of nitrogens with zero attached hydrogens (tertiary/aromatic N) is 2. The molecular formula is C15H26N2. The molecule has 1 unspecified atom stereocenters. The number of hydrogen-bond donors (Lipinski definition) is 0. The predicted octanol–water partition coefficient (Wildman–Crippen LogP) is 4.04. The van der Waals surface area contributed by atoms with Crippen LogP contribution in [0.3, 0.4) is 0 Å². The molecule has 0 saturated carbocycles. The van der Waals surface area contributed by atoms with Gasteiger partial charge >= 0.3 is 0 Å². The Kier molecular flexibility index (Phi) is 5.10. The topological polar surface area (TPSA) is 25.8 Å². The van der Waals surface area contributed by atoms with Gasteiger partial charge < -0.3 is 0 Å². The highest BCUT2D eigenvalue weighted by Crippen LogP contribution is 2.24. The van der Waals surface area contributed by atoms with Crippen molar-refractivity contribution >= 4 is 0 Å². The van der Waals surface area contributed by atoms with Crippen molar-refractivity contribution in [2.45, 2.75) is 60.3 Å². The van der Waals surface area contributed by atoms with E-state index in [9.17, 15) is 0 Å². The van der Waals surface area contributed by atoms with Crippen LogP contribution in [-0.2, 0) is 12.8 Å². The Hall–Kier alpha value is -0.920. The van der Waals surface area contributed by atoms with Gasteiger partial charge in [-0.3, -0.25) is 9.97 Å². The van der Waals surface area contributed by atoms with Crippen molar-refractivity contribution in [3.05, 3.63) is 23.8 Å². The molecule has 1 aromatic heterocycles. The summed E-state index contributed by atoms with van der Waals surface area (Å²) in [5.41, 5.74) is 2.56. The lowest BCUT2D eigenvalue weighted by Crippen LogP contribution is -2.14. The van der Waals surface area contributed by atoms with Crippen LogP contribution in [0.2, 0.25) is 0 Å².